The van der Waals surface area contributed by atoms with E-state index >= 15 is 0 Å². The third-order valence-corrected chi connectivity index (χ3v) is 5.80. The summed E-state index contributed by atoms with van der Waals surface area (Å²) in [5, 5.41) is 10.9. The number of ether oxygens (including phenoxy) is 3. The number of hydrogen-bond donors (Lipinski definition) is 1. The van der Waals surface area contributed by atoms with Crippen LogP contribution in [0.1, 0.15) is 4.88 Å². The highest BCUT2D eigenvalue weighted by atomic mass is 32.1. The summed E-state index contributed by atoms with van der Waals surface area (Å²) in [5.41, 5.74) is 1.73. The van der Waals surface area contributed by atoms with E-state index in [0.717, 1.165) is 27.9 Å². The summed E-state index contributed by atoms with van der Waals surface area (Å²) in [7, 11) is 4.79. The van der Waals surface area contributed by atoms with Crippen LogP contribution in [0.3, 0.4) is 0 Å². The SMILES string of the molecule is COc1cc(-c2cnc3sc(NCc4cccs4)nn23)cc(OC)c1OC. The molecule has 0 saturated heterocycles. The Morgan fingerprint density at radius 3 is 2.52 bits per heavy atom. The lowest BCUT2D eigenvalue weighted by Gasteiger charge is -2.13. The van der Waals surface area contributed by atoms with E-state index in [1.807, 2.05) is 22.7 Å². The fourth-order valence-electron chi connectivity index (χ4n) is 2.77. The van der Waals surface area contributed by atoms with E-state index in [0.29, 0.717) is 17.2 Å². The van der Waals surface area contributed by atoms with Crippen molar-refractivity contribution < 1.29 is 14.2 Å². The van der Waals surface area contributed by atoms with Gasteiger partial charge in [0.2, 0.25) is 15.8 Å². The molecule has 4 aromatic rings. The zero-order valence-electron chi connectivity index (χ0n) is 15.1. The molecule has 0 fully saturated rings. The van der Waals surface area contributed by atoms with E-state index in [9.17, 15) is 0 Å². The Bertz CT molecular complexity index is 1030. The fraction of sp³-hybridized carbons (Fsp3) is 0.222. The maximum atomic E-state index is 5.45. The molecule has 4 rings (SSSR count). The van der Waals surface area contributed by atoms with Crippen molar-refractivity contribution in [3.63, 3.8) is 0 Å². The zero-order chi connectivity index (χ0) is 18.8. The molecular formula is C18H18N4O3S2. The molecule has 0 aliphatic carbocycles. The van der Waals surface area contributed by atoms with E-state index in [-0.39, 0.29) is 0 Å². The van der Waals surface area contributed by atoms with Crippen LogP contribution in [0.4, 0.5) is 5.13 Å². The molecule has 3 heterocycles. The number of rotatable bonds is 7. The standard InChI is InChI=1S/C18H18N4O3S2/c1-23-14-7-11(8-15(24-2)16(14)25-3)13-10-20-18-22(13)21-17(27-18)19-9-12-5-4-6-26-12/h4-8,10H,9H2,1-3H3,(H,19,21). The van der Waals surface area contributed by atoms with Crippen molar-refractivity contribution in [1.29, 1.82) is 0 Å². The van der Waals surface area contributed by atoms with Gasteiger partial charge in [0, 0.05) is 10.4 Å². The number of thiophene rings is 1. The topological polar surface area (TPSA) is 69.9 Å². The first-order valence-corrected chi connectivity index (χ1v) is 9.84. The van der Waals surface area contributed by atoms with Gasteiger partial charge in [-0.1, -0.05) is 17.4 Å². The Balaban J connectivity index is 1.69. The lowest BCUT2D eigenvalue weighted by Crippen LogP contribution is -1.99. The first kappa shape index (κ1) is 17.6. The average molecular weight is 403 g/mol. The van der Waals surface area contributed by atoms with Crippen LogP contribution in [0.15, 0.2) is 35.8 Å². The van der Waals surface area contributed by atoms with Gasteiger partial charge < -0.3 is 19.5 Å². The largest absolute Gasteiger partial charge is 0.493 e. The van der Waals surface area contributed by atoms with Crippen LogP contribution in [-0.4, -0.2) is 35.9 Å². The summed E-state index contributed by atoms with van der Waals surface area (Å²) < 4.78 is 18.1. The molecule has 1 aromatic carbocycles. The second kappa shape index (κ2) is 7.45. The van der Waals surface area contributed by atoms with Gasteiger partial charge in [-0.2, -0.15) is 0 Å². The number of nitrogens with zero attached hydrogens (tertiary/aromatic N) is 3. The Labute approximate surface area is 164 Å². The van der Waals surface area contributed by atoms with E-state index in [2.05, 4.69) is 26.8 Å². The molecule has 1 N–H and O–H groups in total. The van der Waals surface area contributed by atoms with Crippen molar-refractivity contribution >= 4 is 32.8 Å². The van der Waals surface area contributed by atoms with Gasteiger partial charge in [-0.25, -0.2) is 9.50 Å². The maximum absolute atomic E-state index is 5.45. The minimum atomic E-state index is 0.557. The van der Waals surface area contributed by atoms with Gasteiger partial charge in [-0.05, 0) is 23.6 Å². The monoisotopic (exact) mass is 402 g/mol. The number of anilines is 1. The lowest BCUT2D eigenvalue weighted by molar-refractivity contribution is 0.324. The predicted octanol–water partition coefficient (Wildman–Crippen LogP) is 4.16. The molecule has 0 aliphatic heterocycles. The minimum absolute atomic E-state index is 0.557. The predicted molar refractivity (Wildman–Crippen MR) is 108 cm³/mol. The lowest BCUT2D eigenvalue weighted by atomic mass is 10.1. The molecule has 0 spiro atoms. The Kier molecular flexibility index (Phi) is 4.87. The number of fused-ring (bicyclic) bond motifs is 1. The molecule has 0 amide bonds. The summed E-state index contributed by atoms with van der Waals surface area (Å²) >= 11 is 3.22. The van der Waals surface area contributed by atoms with Crippen molar-refractivity contribution in [2.45, 2.75) is 6.54 Å². The molecule has 0 atom stereocenters. The first-order chi connectivity index (χ1) is 13.2. The molecule has 0 unspecified atom stereocenters. The van der Waals surface area contributed by atoms with Crippen LogP contribution in [-0.2, 0) is 6.54 Å². The van der Waals surface area contributed by atoms with Gasteiger partial charge in [0.15, 0.2) is 11.5 Å². The normalized spacial score (nSPS) is 10.9. The first-order valence-electron chi connectivity index (χ1n) is 8.14. The van der Waals surface area contributed by atoms with Crippen LogP contribution in [0.25, 0.3) is 16.2 Å². The van der Waals surface area contributed by atoms with Crippen molar-refractivity contribution in [2.24, 2.45) is 0 Å². The second-order valence-electron chi connectivity index (χ2n) is 5.59. The van der Waals surface area contributed by atoms with Gasteiger partial charge in [0.1, 0.15) is 0 Å². The van der Waals surface area contributed by atoms with Crippen molar-refractivity contribution in [1.82, 2.24) is 14.6 Å². The molecular weight excluding hydrogens is 384 g/mol. The van der Waals surface area contributed by atoms with Crippen molar-refractivity contribution in [3.8, 4) is 28.5 Å². The summed E-state index contributed by atoms with van der Waals surface area (Å²) in [4.78, 5) is 6.55. The van der Waals surface area contributed by atoms with Crippen LogP contribution in [0.2, 0.25) is 0 Å². The van der Waals surface area contributed by atoms with Crippen LogP contribution in [0.5, 0.6) is 17.2 Å². The number of nitrogens with one attached hydrogen (secondary N) is 1. The molecule has 3 aromatic heterocycles. The van der Waals surface area contributed by atoms with E-state index < -0.39 is 0 Å². The summed E-state index contributed by atoms with van der Waals surface area (Å²) in [6.45, 7) is 0.744. The molecule has 0 bridgehead atoms. The zero-order valence-corrected chi connectivity index (χ0v) is 16.7. The molecule has 9 heteroatoms. The summed E-state index contributed by atoms with van der Waals surface area (Å²) in [6.07, 6.45) is 1.79. The Morgan fingerprint density at radius 2 is 1.89 bits per heavy atom. The molecule has 0 aliphatic rings. The molecule has 27 heavy (non-hydrogen) atoms. The highest BCUT2D eigenvalue weighted by molar-refractivity contribution is 7.20. The van der Waals surface area contributed by atoms with E-state index in [4.69, 9.17) is 14.2 Å². The number of hydrogen-bond acceptors (Lipinski definition) is 8. The number of methoxy groups -OCH3 is 3. The van der Waals surface area contributed by atoms with E-state index in [1.165, 1.54) is 16.2 Å². The maximum Gasteiger partial charge on any atom is 0.214 e. The smallest absolute Gasteiger partial charge is 0.214 e. The third kappa shape index (κ3) is 3.31. The Morgan fingerprint density at radius 1 is 1.11 bits per heavy atom. The van der Waals surface area contributed by atoms with Crippen LogP contribution < -0.4 is 19.5 Å². The van der Waals surface area contributed by atoms with Gasteiger partial charge in [-0.15, -0.1) is 16.4 Å². The molecule has 140 valence electrons. The second-order valence-corrected chi connectivity index (χ2v) is 7.58. The van der Waals surface area contributed by atoms with Crippen LogP contribution >= 0.6 is 22.7 Å². The van der Waals surface area contributed by atoms with Gasteiger partial charge in [-0.3, -0.25) is 0 Å². The number of imidazole rings is 1. The number of benzene rings is 1. The third-order valence-electron chi connectivity index (χ3n) is 4.04. The van der Waals surface area contributed by atoms with E-state index in [1.54, 1.807) is 38.9 Å². The van der Waals surface area contributed by atoms with Gasteiger partial charge in [0.05, 0.1) is 39.8 Å². The molecule has 7 nitrogen and oxygen atoms in total. The summed E-state index contributed by atoms with van der Waals surface area (Å²) in [5.74, 6) is 1.74. The minimum Gasteiger partial charge on any atom is -0.493 e. The summed E-state index contributed by atoms with van der Waals surface area (Å²) in [6, 6.07) is 7.92. The number of aromatic nitrogens is 3. The Hall–Kier alpha value is -2.78. The van der Waals surface area contributed by atoms with Gasteiger partial charge in [0.25, 0.3) is 0 Å². The molecule has 0 radical (unpaired) electrons. The van der Waals surface area contributed by atoms with Crippen molar-refractivity contribution in [3.05, 3.63) is 40.7 Å². The fourth-order valence-corrected chi connectivity index (χ4v) is 4.18. The van der Waals surface area contributed by atoms with Crippen molar-refractivity contribution in [2.75, 3.05) is 26.6 Å². The average Bonchev–Trinajstić information content (AvgIpc) is 3.42. The van der Waals surface area contributed by atoms with Crippen LogP contribution in [0, 0.1) is 0 Å². The highest BCUT2D eigenvalue weighted by Crippen LogP contribution is 2.41. The van der Waals surface area contributed by atoms with Gasteiger partial charge >= 0.3 is 0 Å². The quantitative estimate of drug-likeness (QED) is 0.501. The molecule has 0 saturated carbocycles. The highest BCUT2D eigenvalue weighted by Gasteiger charge is 2.18.